The SMILES string of the molecule is CC(C)C=CC#Cc1ccc(C(=O)N[C@H](C(=O)NO)[C@@H](C)N)cc1. The fraction of sp³-hybridized carbons (Fsp3) is 0.333. The van der Waals surface area contributed by atoms with E-state index < -0.39 is 23.9 Å². The maximum atomic E-state index is 12.2. The molecule has 1 rings (SSSR count). The first-order valence-electron chi connectivity index (χ1n) is 7.63. The van der Waals surface area contributed by atoms with Gasteiger partial charge in [0.1, 0.15) is 6.04 Å². The van der Waals surface area contributed by atoms with Crippen molar-refractivity contribution in [3.05, 3.63) is 47.5 Å². The van der Waals surface area contributed by atoms with Gasteiger partial charge in [0.2, 0.25) is 0 Å². The quantitative estimate of drug-likeness (QED) is 0.370. The molecule has 0 fully saturated rings. The Bertz CT molecular complexity index is 652. The number of amides is 2. The van der Waals surface area contributed by atoms with E-state index >= 15 is 0 Å². The van der Waals surface area contributed by atoms with Gasteiger partial charge in [0.25, 0.3) is 11.8 Å². The Kier molecular flexibility index (Phi) is 7.69. The fourth-order valence-electron chi connectivity index (χ4n) is 1.80. The molecule has 5 N–H and O–H groups in total. The first-order chi connectivity index (χ1) is 11.3. The van der Waals surface area contributed by atoms with Crippen LogP contribution in [-0.4, -0.2) is 29.1 Å². The Balaban J connectivity index is 2.77. The summed E-state index contributed by atoms with van der Waals surface area (Å²) in [7, 11) is 0. The lowest BCUT2D eigenvalue weighted by Crippen LogP contribution is -2.54. The van der Waals surface area contributed by atoms with Crippen molar-refractivity contribution in [3.63, 3.8) is 0 Å². The van der Waals surface area contributed by atoms with Crippen molar-refractivity contribution < 1.29 is 14.8 Å². The minimum absolute atomic E-state index is 0.370. The standard InChI is InChI=1S/C18H23N3O3/c1-12(2)6-4-5-7-14-8-10-15(11-9-14)17(22)20-16(13(3)19)18(23)21-24/h4,6,8-13,16,24H,19H2,1-3H3,(H,20,22)(H,21,23)/t13-,16+/m1/s1. The molecule has 2 amide bonds. The number of hydroxylamine groups is 1. The largest absolute Gasteiger partial charge is 0.339 e. The van der Waals surface area contributed by atoms with E-state index in [-0.39, 0.29) is 0 Å². The Morgan fingerprint density at radius 3 is 2.33 bits per heavy atom. The molecule has 0 unspecified atom stereocenters. The molecule has 2 atom stereocenters. The number of carbonyl (C=O) groups is 2. The van der Waals surface area contributed by atoms with Gasteiger partial charge in [-0.3, -0.25) is 14.8 Å². The lowest BCUT2D eigenvalue weighted by molar-refractivity contribution is -0.131. The van der Waals surface area contributed by atoms with Crippen LogP contribution in [-0.2, 0) is 4.79 Å². The van der Waals surface area contributed by atoms with Gasteiger partial charge in [0.05, 0.1) is 0 Å². The molecule has 0 saturated heterocycles. The van der Waals surface area contributed by atoms with Gasteiger partial charge in [0.15, 0.2) is 0 Å². The first-order valence-corrected chi connectivity index (χ1v) is 7.63. The fourth-order valence-corrected chi connectivity index (χ4v) is 1.80. The average Bonchev–Trinajstić information content (AvgIpc) is 2.55. The summed E-state index contributed by atoms with van der Waals surface area (Å²) < 4.78 is 0. The van der Waals surface area contributed by atoms with Crippen LogP contribution >= 0.6 is 0 Å². The summed E-state index contributed by atoms with van der Waals surface area (Å²) in [6.45, 7) is 5.69. The molecule has 24 heavy (non-hydrogen) atoms. The van der Waals surface area contributed by atoms with E-state index in [9.17, 15) is 9.59 Å². The van der Waals surface area contributed by atoms with E-state index in [1.54, 1.807) is 37.3 Å². The van der Waals surface area contributed by atoms with Crippen molar-refractivity contribution in [2.45, 2.75) is 32.9 Å². The summed E-state index contributed by atoms with van der Waals surface area (Å²) in [6, 6.07) is 4.99. The summed E-state index contributed by atoms with van der Waals surface area (Å²) in [5, 5.41) is 11.2. The maximum absolute atomic E-state index is 12.2. The number of hydrogen-bond donors (Lipinski definition) is 4. The number of allylic oxidation sites excluding steroid dienone is 2. The van der Waals surface area contributed by atoms with Gasteiger partial charge in [0, 0.05) is 17.2 Å². The van der Waals surface area contributed by atoms with E-state index in [0.717, 1.165) is 5.56 Å². The highest BCUT2D eigenvalue weighted by Gasteiger charge is 2.24. The topological polar surface area (TPSA) is 104 Å². The van der Waals surface area contributed by atoms with Gasteiger partial charge < -0.3 is 11.1 Å². The third-order valence-electron chi connectivity index (χ3n) is 3.13. The normalized spacial score (nSPS) is 13.1. The Morgan fingerprint density at radius 1 is 1.21 bits per heavy atom. The highest BCUT2D eigenvalue weighted by molar-refractivity contribution is 5.97. The summed E-state index contributed by atoms with van der Waals surface area (Å²) in [6.07, 6.45) is 3.79. The van der Waals surface area contributed by atoms with Gasteiger partial charge in [-0.15, -0.1) is 0 Å². The lowest BCUT2D eigenvalue weighted by Gasteiger charge is -2.19. The number of hydrogen-bond acceptors (Lipinski definition) is 4. The van der Waals surface area contributed by atoms with Crippen LogP contribution < -0.4 is 16.5 Å². The van der Waals surface area contributed by atoms with E-state index in [4.69, 9.17) is 10.9 Å². The summed E-state index contributed by atoms with van der Waals surface area (Å²) in [4.78, 5) is 23.6. The second-order valence-electron chi connectivity index (χ2n) is 5.74. The Labute approximate surface area is 142 Å². The molecule has 0 aliphatic rings. The highest BCUT2D eigenvalue weighted by Crippen LogP contribution is 2.04. The Morgan fingerprint density at radius 2 is 1.83 bits per heavy atom. The summed E-state index contributed by atoms with van der Waals surface area (Å²) >= 11 is 0. The molecule has 0 aliphatic carbocycles. The molecule has 0 aromatic heterocycles. The Hall–Kier alpha value is -2.62. The molecule has 0 bridgehead atoms. The zero-order chi connectivity index (χ0) is 18.1. The van der Waals surface area contributed by atoms with Crippen molar-refractivity contribution in [2.75, 3.05) is 0 Å². The van der Waals surface area contributed by atoms with Gasteiger partial charge in [-0.05, 0) is 43.2 Å². The maximum Gasteiger partial charge on any atom is 0.267 e. The van der Waals surface area contributed by atoms with Crippen molar-refractivity contribution in [1.29, 1.82) is 0 Å². The molecule has 6 nitrogen and oxygen atoms in total. The highest BCUT2D eigenvalue weighted by atomic mass is 16.5. The molecule has 0 radical (unpaired) electrons. The van der Waals surface area contributed by atoms with Crippen molar-refractivity contribution in [3.8, 4) is 11.8 Å². The molecule has 6 heteroatoms. The van der Waals surface area contributed by atoms with Gasteiger partial charge >= 0.3 is 0 Å². The van der Waals surface area contributed by atoms with Crippen LogP contribution in [0.25, 0.3) is 0 Å². The predicted octanol–water partition coefficient (Wildman–Crippen LogP) is 1.20. The lowest BCUT2D eigenvalue weighted by atomic mass is 10.1. The second-order valence-corrected chi connectivity index (χ2v) is 5.74. The van der Waals surface area contributed by atoms with Crippen molar-refractivity contribution in [1.82, 2.24) is 10.8 Å². The zero-order valence-corrected chi connectivity index (χ0v) is 14.0. The van der Waals surface area contributed by atoms with Crippen molar-refractivity contribution in [2.24, 2.45) is 11.7 Å². The minimum atomic E-state index is -1.02. The monoisotopic (exact) mass is 329 g/mol. The van der Waals surface area contributed by atoms with Gasteiger partial charge in [-0.1, -0.05) is 31.8 Å². The molecule has 1 aromatic rings. The van der Waals surface area contributed by atoms with E-state index in [2.05, 4.69) is 31.0 Å². The third-order valence-corrected chi connectivity index (χ3v) is 3.13. The third kappa shape index (κ3) is 6.24. The molecule has 1 aromatic carbocycles. The van der Waals surface area contributed by atoms with Crippen molar-refractivity contribution >= 4 is 11.8 Å². The van der Waals surface area contributed by atoms with Crippen LogP contribution in [0.4, 0.5) is 0 Å². The van der Waals surface area contributed by atoms with Gasteiger partial charge in [-0.2, -0.15) is 0 Å². The smallest absolute Gasteiger partial charge is 0.267 e. The molecular formula is C18H23N3O3. The van der Waals surface area contributed by atoms with Crippen LogP contribution in [0, 0.1) is 17.8 Å². The molecule has 0 heterocycles. The first kappa shape index (κ1) is 19.4. The average molecular weight is 329 g/mol. The van der Waals surface area contributed by atoms with E-state index in [1.807, 2.05) is 6.08 Å². The minimum Gasteiger partial charge on any atom is -0.339 e. The second kappa shape index (κ2) is 9.50. The number of nitrogens with two attached hydrogens (primary N) is 1. The molecule has 0 spiro atoms. The van der Waals surface area contributed by atoms with Gasteiger partial charge in [-0.25, -0.2) is 5.48 Å². The number of benzene rings is 1. The summed E-state index contributed by atoms with van der Waals surface area (Å²) in [5.74, 6) is 5.11. The molecule has 0 aliphatic heterocycles. The van der Waals surface area contributed by atoms with Crippen LogP contribution in [0.2, 0.25) is 0 Å². The molecular weight excluding hydrogens is 306 g/mol. The number of carbonyl (C=O) groups excluding carboxylic acids is 2. The van der Waals surface area contributed by atoms with Crippen LogP contribution in [0.3, 0.4) is 0 Å². The van der Waals surface area contributed by atoms with E-state index in [0.29, 0.717) is 11.5 Å². The van der Waals surface area contributed by atoms with E-state index in [1.165, 1.54) is 5.48 Å². The van der Waals surface area contributed by atoms with Crippen LogP contribution in [0.15, 0.2) is 36.4 Å². The zero-order valence-electron chi connectivity index (χ0n) is 14.0. The predicted molar refractivity (Wildman–Crippen MR) is 92.1 cm³/mol. The summed E-state index contributed by atoms with van der Waals surface area (Å²) in [5.41, 5.74) is 8.28. The number of rotatable bonds is 5. The number of nitrogens with one attached hydrogen (secondary N) is 2. The van der Waals surface area contributed by atoms with Crippen LogP contribution in [0.5, 0.6) is 0 Å². The van der Waals surface area contributed by atoms with Crippen LogP contribution in [0.1, 0.15) is 36.7 Å². The molecule has 0 saturated carbocycles. The molecule has 128 valence electrons.